The molecule has 33 heavy (non-hydrogen) atoms. The molecule has 4 rings (SSSR count). The van der Waals surface area contributed by atoms with E-state index in [1.807, 2.05) is 48.5 Å². The summed E-state index contributed by atoms with van der Waals surface area (Å²) in [6.45, 7) is 0.196. The quantitative estimate of drug-likeness (QED) is 0.380. The second kappa shape index (κ2) is 10.1. The van der Waals surface area contributed by atoms with Crippen LogP contribution >= 0.6 is 11.7 Å². The van der Waals surface area contributed by atoms with Crippen LogP contribution in [0.2, 0.25) is 0 Å². The molecule has 0 saturated carbocycles. The number of benzene rings is 3. The third-order valence-electron chi connectivity index (χ3n) is 5.08. The Morgan fingerprint density at radius 2 is 1.76 bits per heavy atom. The highest BCUT2D eigenvalue weighted by Gasteiger charge is 2.28. The molecule has 3 aromatic carbocycles. The molecule has 1 atom stereocenters. The highest BCUT2D eigenvalue weighted by Crippen LogP contribution is 2.22. The molecule has 0 spiro atoms. The molecule has 0 bridgehead atoms. The Balaban J connectivity index is 1.59. The second-order valence-corrected chi connectivity index (χ2v) is 9.49. The number of hydrogen-bond donors (Lipinski definition) is 2. The molecule has 0 radical (unpaired) electrons. The third kappa shape index (κ3) is 5.36. The van der Waals surface area contributed by atoms with Gasteiger partial charge in [0.1, 0.15) is 27.7 Å². The van der Waals surface area contributed by atoms with E-state index < -0.39 is 22.0 Å². The number of carbonyl (C=O) groups excluding carboxylic acids is 1. The van der Waals surface area contributed by atoms with Crippen molar-refractivity contribution >= 4 is 38.7 Å². The molecule has 0 fully saturated rings. The van der Waals surface area contributed by atoms with Crippen molar-refractivity contribution in [1.82, 2.24) is 18.8 Å². The summed E-state index contributed by atoms with van der Waals surface area (Å²) < 4.78 is 42.6. The van der Waals surface area contributed by atoms with Crippen molar-refractivity contribution < 1.29 is 17.9 Å². The smallest absolute Gasteiger partial charge is 0.243 e. The van der Waals surface area contributed by atoms with Gasteiger partial charge < -0.3 is 10.1 Å². The summed E-state index contributed by atoms with van der Waals surface area (Å²) in [7, 11) is -2.49. The standard InChI is InChI=1S/C23H22N4O4S2/c1-31-20-12-6-5-10-17(20)15-24-23(28)19(14-16-8-3-2-4-9-16)27-33(29,30)21-13-7-11-18-22(21)26-32-25-18/h2-13,19,27H,14-15H2,1H3,(H,24,28)/t19-/m1/s1. The topological polar surface area (TPSA) is 110 Å². The van der Waals surface area contributed by atoms with Gasteiger partial charge in [0.2, 0.25) is 15.9 Å². The lowest BCUT2D eigenvalue weighted by atomic mass is 10.1. The van der Waals surface area contributed by atoms with E-state index in [9.17, 15) is 13.2 Å². The first-order valence-corrected chi connectivity index (χ1v) is 12.4. The van der Waals surface area contributed by atoms with Crippen LogP contribution in [0.1, 0.15) is 11.1 Å². The largest absolute Gasteiger partial charge is 0.496 e. The van der Waals surface area contributed by atoms with Crippen LogP contribution in [-0.4, -0.2) is 36.2 Å². The van der Waals surface area contributed by atoms with Crippen molar-refractivity contribution in [3.63, 3.8) is 0 Å². The first kappa shape index (κ1) is 22.8. The lowest BCUT2D eigenvalue weighted by Gasteiger charge is -2.19. The van der Waals surface area contributed by atoms with E-state index >= 15 is 0 Å². The first-order chi connectivity index (χ1) is 16.0. The molecular formula is C23H22N4O4S2. The predicted molar refractivity (Wildman–Crippen MR) is 127 cm³/mol. The summed E-state index contributed by atoms with van der Waals surface area (Å²) in [6.07, 6.45) is 0.184. The van der Waals surface area contributed by atoms with Crippen LogP contribution in [0.3, 0.4) is 0 Å². The van der Waals surface area contributed by atoms with Gasteiger partial charge >= 0.3 is 0 Å². The summed E-state index contributed by atoms with van der Waals surface area (Å²) in [4.78, 5) is 13.1. The molecule has 0 saturated heterocycles. The zero-order valence-electron chi connectivity index (χ0n) is 17.8. The summed E-state index contributed by atoms with van der Waals surface area (Å²) in [6, 6.07) is 20.3. The van der Waals surface area contributed by atoms with Crippen LogP contribution in [0.4, 0.5) is 0 Å². The van der Waals surface area contributed by atoms with E-state index in [-0.39, 0.29) is 23.4 Å². The SMILES string of the molecule is COc1ccccc1CNC(=O)[C@@H](Cc1ccccc1)NS(=O)(=O)c1cccc2nsnc12. The number of carbonyl (C=O) groups is 1. The maximum absolute atomic E-state index is 13.2. The van der Waals surface area contributed by atoms with Gasteiger partial charge in [0.25, 0.3) is 0 Å². The fourth-order valence-corrected chi connectivity index (χ4v) is 5.40. The zero-order valence-corrected chi connectivity index (χ0v) is 19.4. The minimum Gasteiger partial charge on any atom is -0.496 e. The van der Waals surface area contributed by atoms with Crippen molar-refractivity contribution in [1.29, 1.82) is 0 Å². The third-order valence-corrected chi connectivity index (χ3v) is 7.13. The van der Waals surface area contributed by atoms with Crippen LogP contribution in [0.25, 0.3) is 11.0 Å². The van der Waals surface area contributed by atoms with Gasteiger partial charge in [-0.25, -0.2) is 8.42 Å². The van der Waals surface area contributed by atoms with Crippen LogP contribution in [0.15, 0.2) is 77.7 Å². The van der Waals surface area contributed by atoms with E-state index in [0.717, 1.165) is 22.9 Å². The molecule has 1 amide bonds. The lowest BCUT2D eigenvalue weighted by molar-refractivity contribution is -0.122. The van der Waals surface area contributed by atoms with E-state index in [4.69, 9.17) is 4.74 Å². The van der Waals surface area contributed by atoms with Crippen molar-refractivity contribution in [2.24, 2.45) is 0 Å². The average molecular weight is 483 g/mol. The Labute approximate surface area is 196 Å². The van der Waals surface area contributed by atoms with Crippen molar-refractivity contribution in [3.05, 3.63) is 83.9 Å². The zero-order chi connectivity index (χ0) is 23.3. The fourth-order valence-electron chi connectivity index (χ4n) is 3.44. The Morgan fingerprint density at radius 1 is 1.00 bits per heavy atom. The number of rotatable bonds is 9. The highest BCUT2D eigenvalue weighted by molar-refractivity contribution is 7.89. The molecule has 0 aliphatic rings. The Morgan fingerprint density at radius 3 is 2.55 bits per heavy atom. The summed E-state index contributed by atoms with van der Waals surface area (Å²) in [5, 5.41) is 2.83. The van der Waals surface area contributed by atoms with Gasteiger partial charge in [0.05, 0.1) is 18.8 Å². The van der Waals surface area contributed by atoms with E-state index in [0.29, 0.717) is 11.3 Å². The van der Waals surface area contributed by atoms with Crippen LogP contribution < -0.4 is 14.8 Å². The van der Waals surface area contributed by atoms with Gasteiger partial charge in [-0.3, -0.25) is 4.79 Å². The number of para-hydroxylation sites is 1. The van der Waals surface area contributed by atoms with E-state index in [1.54, 1.807) is 25.3 Å². The summed E-state index contributed by atoms with van der Waals surface area (Å²) in [5.74, 6) is 0.192. The molecule has 0 aliphatic heterocycles. The minimum atomic E-state index is -4.05. The molecule has 4 aromatic rings. The normalized spacial score (nSPS) is 12.4. The monoisotopic (exact) mass is 482 g/mol. The maximum atomic E-state index is 13.2. The minimum absolute atomic E-state index is 0.00987. The molecule has 0 aliphatic carbocycles. The van der Waals surface area contributed by atoms with Gasteiger partial charge in [-0.05, 0) is 30.2 Å². The van der Waals surface area contributed by atoms with Gasteiger partial charge in [-0.1, -0.05) is 54.6 Å². The maximum Gasteiger partial charge on any atom is 0.243 e. The predicted octanol–water partition coefficient (Wildman–Crippen LogP) is 2.91. The van der Waals surface area contributed by atoms with Crippen molar-refractivity contribution in [3.8, 4) is 5.75 Å². The highest BCUT2D eigenvalue weighted by atomic mass is 32.2. The van der Waals surface area contributed by atoms with Crippen LogP contribution in [0.5, 0.6) is 5.75 Å². The molecule has 2 N–H and O–H groups in total. The molecular weight excluding hydrogens is 460 g/mol. The first-order valence-electron chi connectivity index (χ1n) is 10.1. The van der Waals surface area contributed by atoms with E-state index in [1.165, 1.54) is 6.07 Å². The molecule has 10 heteroatoms. The van der Waals surface area contributed by atoms with Gasteiger partial charge in [0.15, 0.2) is 0 Å². The van der Waals surface area contributed by atoms with Crippen molar-refractivity contribution in [2.45, 2.75) is 23.9 Å². The Hall–Kier alpha value is -3.34. The number of methoxy groups -OCH3 is 1. The lowest BCUT2D eigenvalue weighted by Crippen LogP contribution is -2.47. The van der Waals surface area contributed by atoms with Gasteiger partial charge in [-0.15, -0.1) is 0 Å². The van der Waals surface area contributed by atoms with Gasteiger partial charge in [-0.2, -0.15) is 13.5 Å². The Kier molecular flexibility index (Phi) is 6.97. The summed E-state index contributed by atoms with van der Waals surface area (Å²) in [5.41, 5.74) is 2.38. The molecule has 8 nitrogen and oxygen atoms in total. The van der Waals surface area contributed by atoms with Crippen molar-refractivity contribution in [2.75, 3.05) is 7.11 Å². The molecule has 0 unspecified atom stereocenters. The molecule has 170 valence electrons. The number of sulfonamides is 1. The molecule has 1 heterocycles. The number of aromatic nitrogens is 2. The number of amides is 1. The number of hydrogen-bond acceptors (Lipinski definition) is 7. The average Bonchev–Trinajstić information content (AvgIpc) is 3.31. The van der Waals surface area contributed by atoms with E-state index in [2.05, 4.69) is 18.8 Å². The molecule has 1 aromatic heterocycles. The Bertz CT molecular complexity index is 1360. The second-order valence-electron chi connectivity index (χ2n) is 7.28. The van der Waals surface area contributed by atoms with Crippen LogP contribution in [0, 0.1) is 0 Å². The number of nitrogens with zero attached hydrogens (tertiary/aromatic N) is 2. The number of ether oxygens (including phenoxy) is 1. The van der Waals surface area contributed by atoms with Crippen LogP contribution in [-0.2, 0) is 27.8 Å². The van der Waals surface area contributed by atoms with Gasteiger partial charge in [0, 0.05) is 12.1 Å². The fraction of sp³-hybridized carbons (Fsp3) is 0.174. The number of nitrogens with one attached hydrogen (secondary N) is 2. The number of fused-ring (bicyclic) bond motifs is 1. The summed E-state index contributed by atoms with van der Waals surface area (Å²) >= 11 is 0.937.